The summed E-state index contributed by atoms with van der Waals surface area (Å²) in [6.45, 7) is 0. The molecule has 12 heavy (non-hydrogen) atoms. The molecule has 0 aliphatic carbocycles. The maximum Gasteiger partial charge on any atom is 0.339 e. The first-order valence-electron chi connectivity index (χ1n) is 3.18. The summed E-state index contributed by atoms with van der Waals surface area (Å²) < 4.78 is 5.52. The highest BCUT2D eigenvalue weighted by atomic mass is 127. The van der Waals surface area contributed by atoms with E-state index in [0.29, 0.717) is 10.6 Å². The topological polar surface area (TPSA) is 26.3 Å². The third-order valence-corrected chi connectivity index (χ3v) is 2.32. The smallest absolute Gasteiger partial charge is 0.339 e. The zero-order valence-electron chi connectivity index (χ0n) is 6.30. The predicted octanol–water partition coefficient (Wildman–Crippen LogP) is 2.73. The third kappa shape index (κ3) is 2.10. The van der Waals surface area contributed by atoms with Crippen molar-refractivity contribution in [3.8, 4) is 0 Å². The second kappa shape index (κ2) is 4.09. The number of carbonyl (C=O) groups is 1. The number of methoxy groups -OCH3 is 1. The predicted molar refractivity (Wildman–Crippen MR) is 55.5 cm³/mol. The summed E-state index contributed by atoms with van der Waals surface area (Å²) in [5.41, 5.74) is 0.402. The van der Waals surface area contributed by atoms with Gasteiger partial charge in [0.15, 0.2) is 0 Å². The molecule has 0 atom stereocenters. The van der Waals surface area contributed by atoms with Crippen molar-refractivity contribution in [2.45, 2.75) is 0 Å². The van der Waals surface area contributed by atoms with E-state index in [1.54, 1.807) is 18.2 Å². The SMILES string of the molecule is COC(=O)c1ccc(I)cc1Cl. The number of hydrogen-bond donors (Lipinski definition) is 0. The molecule has 0 radical (unpaired) electrons. The second-order valence-electron chi connectivity index (χ2n) is 2.12. The summed E-state index contributed by atoms with van der Waals surface area (Å²) in [6.07, 6.45) is 0. The number of benzene rings is 1. The Hall–Kier alpha value is -0.290. The monoisotopic (exact) mass is 296 g/mol. The van der Waals surface area contributed by atoms with Crippen LogP contribution in [0.15, 0.2) is 18.2 Å². The van der Waals surface area contributed by atoms with E-state index in [1.165, 1.54) is 7.11 Å². The van der Waals surface area contributed by atoms with Crippen molar-refractivity contribution in [1.82, 2.24) is 0 Å². The van der Waals surface area contributed by atoms with E-state index < -0.39 is 5.97 Å². The average molecular weight is 296 g/mol. The van der Waals surface area contributed by atoms with Gasteiger partial charge >= 0.3 is 5.97 Å². The van der Waals surface area contributed by atoms with E-state index in [4.69, 9.17) is 11.6 Å². The molecule has 0 bridgehead atoms. The van der Waals surface area contributed by atoms with Crippen LogP contribution in [-0.2, 0) is 4.74 Å². The maximum atomic E-state index is 11.0. The minimum absolute atomic E-state index is 0.402. The van der Waals surface area contributed by atoms with E-state index in [2.05, 4.69) is 27.3 Å². The first-order valence-corrected chi connectivity index (χ1v) is 4.64. The van der Waals surface area contributed by atoms with Crippen molar-refractivity contribution < 1.29 is 9.53 Å². The third-order valence-electron chi connectivity index (χ3n) is 1.34. The van der Waals surface area contributed by atoms with Crippen molar-refractivity contribution in [2.75, 3.05) is 7.11 Å². The first-order chi connectivity index (χ1) is 5.65. The van der Waals surface area contributed by atoms with Crippen LogP contribution in [0, 0.1) is 3.57 Å². The summed E-state index contributed by atoms with van der Waals surface area (Å²) in [5.74, 6) is -0.406. The highest BCUT2D eigenvalue weighted by Crippen LogP contribution is 2.19. The van der Waals surface area contributed by atoms with Gasteiger partial charge in [0.05, 0.1) is 17.7 Å². The van der Waals surface area contributed by atoms with Gasteiger partial charge in [0.2, 0.25) is 0 Å². The first kappa shape index (κ1) is 9.80. The molecule has 0 aliphatic heterocycles. The fourth-order valence-electron chi connectivity index (χ4n) is 0.765. The Morgan fingerprint density at radius 2 is 2.25 bits per heavy atom. The van der Waals surface area contributed by atoms with Gasteiger partial charge in [-0.1, -0.05) is 11.6 Å². The molecule has 0 amide bonds. The Balaban J connectivity index is 3.09. The molecule has 0 heterocycles. The fourth-order valence-corrected chi connectivity index (χ4v) is 1.70. The Kier molecular flexibility index (Phi) is 3.34. The number of rotatable bonds is 1. The molecule has 0 N–H and O–H groups in total. The largest absolute Gasteiger partial charge is 0.465 e. The second-order valence-corrected chi connectivity index (χ2v) is 3.77. The van der Waals surface area contributed by atoms with Crippen LogP contribution in [0.25, 0.3) is 0 Å². The molecule has 1 rings (SSSR count). The van der Waals surface area contributed by atoms with Crippen molar-refractivity contribution >= 4 is 40.2 Å². The summed E-state index contributed by atoms with van der Waals surface area (Å²) >= 11 is 7.92. The zero-order valence-corrected chi connectivity index (χ0v) is 9.22. The van der Waals surface area contributed by atoms with Crippen LogP contribution < -0.4 is 0 Å². The summed E-state index contributed by atoms with van der Waals surface area (Å²) in [4.78, 5) is 11.0. The number of halogens is 2. The van der Waals surface area contributed by atoms with Gasteiger partial charge in [-0.3, -0.25) is 0 Å². The Morgan fingerprint density at radius 3 is 2.75 bits per heavy atom. The maximum absolute atomic E-state index is 11.0. The number of ether oxygens (including phenoxy) is 1. The molecule has 4 heteroatoms. The van der Waals surface area contributed by atoms with Gasteiger partial charge in [-0.25, -0.2) is 4.79 Å². The van der Waals surface area contributed by atoms with Gasteiger partial charge in [0, 0.05) is 3.57 Å². The lowest BCUT2D eigenvalue weighted by Crippen LogP contribution is -2.01. The van der Waals surface area contributed by atoms with Crippen molar-refractivity contribution in [3.05, 3.63) is 32.4 Å². The van der Waals surface area contributed by atoms with E-state index in [1.807, 2.05) is 0 Å². The molecule has 0 aromatic heterocycles. The lowest BCUT2D eigenvalue weighted by Gasteiger charge is -2.01. The Labute approximate surface area is 89.0 Å². The van der Waals surface area contributed by atoms with Crippen molar-refractivity contribution in [3.63, 3.8) is 0 Å². The van der Waals surface area contributed by atoms with Crippen molar-refractivity contribution in [1.29, 1.82) is 0 Å². The molecular weight excluding hydrogens is 290 g/mol. The number of esters is 1. The van der Waals surface area contributed by atoms with Gasteiger partial charge in [0.1, 0.15) is 0 Å². The van der Waals surface area contributed by atoms with Crippen LogP contribution in [0.5, 0.6) is 0 Å². The molecule has 1 aromatic carbocycles. The molecule has 0 spiro atoms. The van der Waals surface area contributed by atoms with Crippen molar-refractivity contribution in [2.24, 2.45) is 0 Å². The van der Waals surface area contributed by atoms with E-state index in [0.717, 1.165) is 3.57 Å². The average Bonchev–Trinajstić information content (AvgIpc) is 2.03. The quantitative estimate of drug-likeness (QED) is 0.588. The zero-order chi connectivity index (χ0) is 9.14. The van der Waals surface area contributed by atoms with Crippen LogP contribution in [-0.4, -0.2) is 13.1 Å². The van der Waals surface area contributed by atoms with E-state index >= 15 is 0 Å². The van der Waals surface area contributed by atoms with Crippen LogP contribution >= 0.6 is 34.2 Å². The van der Waals surface area contributed by atoms with Crippen LogP contribution in [0.2, 0.25) is 5.02 Å². The van der Waals surface area contributed by atoms with Gasteiger partial charge in [-0.05, 0) is 40.8 Å². The molecule has 2 nitrogen and oxygen atoms in total. The molecule has 0 saturated heterocycles. The van der Waals surface area contributed by atoms with E-state index in [-0.39, 0.29) is 0 Å². The van der Waals surface area contributed by atoms with Crippen LogP contribution in [0.4, 0.5) is 0 Å². The Bertz CT molecular complexity index is 312. The number of hydrogen-bond acceptors (Lipinski definition) is 2. The summed E-state index contributed by atoms with van der Waals surface area (Å²) in [7, 11) is 1.33. The number of carbonyl (C=O) groups excluding carboxylic acids is 1. The molecule has 0 aliphatic rings. The molecule has 64 valence electrons. The molecule has 1 aromatic rings. The van der Waals surface area contributed by atoms with Gasteiger partial charge in [-0.15, -0.1) is 0 Å². The summed E-state index contributed by atoms with van der Waals surface area (Å²) in [5, 5.41) is 0.425. The van der Waals surface area contributed by atoms with Crippen LogP contribution in [0.1, 0.15) is 10.4 Å². The van der Waals surface area contributed by atoms with E-state index in [9.17, 15) is 4.79 Å². The standard InChI is InChI=1S/C8H6ClIO2/c1-12-8(11)6-3-2-5(10)4-7(6)9/h2-4H,1H3. The molecule has 0 fully saturated rings. The lowest BCUT2D eigenvalue weighted by atomic mass is 10.2. The normalized spacial score (nSPS) is 9.58. The summed E-state index contributed by atoms with van der Waals surface area (Å²) in [6, 6.07) is 5.17. The Morgan fingerprint density at radius 1 is 1.58 bits per heavy atom. The van der Waals surface area contributed by atoms with Gasteiger partial charge in [0.25, 0.3) is 0 Å². The minimum Gasteiger partial charge on any atom is -0.465 e. The fraction of sp³-hybridized carbons (Fsp3) is 0.125. The van der Waals surface area contributed by atoms with Gasteiger partial charge in [-0.2, -0.15) is 0 Å². The lowest BCUT2D eigenvalue weighted by molar-refractivity contribution is 0.0601. The van der Waals surface area contributed by atoms with Crippen LogP contribution in [0.3, 0.4) is 0 Å². The molecular formula is C8H6ClIO2. The highest BCUT2D eigenvalue weighted by molar-refractivity contribution is 14.1. The highest BCUT2D eigenvalue weighted by Gasteiger charge is 2.09. The molecule has 0 saturated carbocycles. The minimum atomic E-state index is -0.406. The van der Waals surface area contributed by atoms with Gasteiger partial charge < -0.3 is 4.74 Å². The molecule has 0 unspecified atom stereocenters.